The molecule has 0 spiro atoms. The van der Waals surface area contributed by atoms with Crippen LogP contribution in [0.3, 0.4) is 0 Å². The van der Waals surface area contributed by atoms with E-state index in [9.17, 15) is 8.42 Å². The number of rotatable bonds is 6. The number of nitrogens with two attached hydrogens (primary N) is 1. The van der Waals surface area contributed by atoms with E-state index in [4.69, 9.17) is 5.73 Å². The predicted molar refractivity (Wildman–Crippen MR) is 83.4 cm³/mol. The summed E-state index contributed by atoms with van der Waals surface area (Å²) in [5.41, 5.74) is 6.16. The van der Waals surface area contributed by atoms with Crippen molar-refractivity contribution in [3.05, 3.63) is 21.1 Å². The van der Waals surface area contributed by atoms with Crippen molar-refractivity contribution in [2.75, 3.05) is 12.3 Å². The average molecular weight is 412 g/mol. The lowest BCUT2D eigenvalue weighted by Gasteiger charge is -2.11. The molecule has 4 nitrogen and oxygen atoms in total. The van der Waals surface area contributed by atoms with Crippen LogP contribution in [-0.2, 0) is 10.0 Å². The number of benzene rings is 1. The third-order valence-electron chi connectivity index (χ3n) is 3.07. The highest BCUT2D eigenvalue weighted by molar-refractivity contribution is 9.11. The Morgan fingerprint density at radius 2 is 1.84 bits per heavy atom. The molecule has 0 amide bonds. The van der Waals surface area contributed by atoms with E-state index in [0.29, 0.717) is 21.2 Å². The topological polar surface area (TPSA) is 72.2 Å². The average Bonchev–Trinajstić information content (AvgIpc) is 3.06. The van der Waals surface area contributed by atoms with E-state index in [-0.39, 0.29) is 4.90 Å². The fourth-order valence-corrected chi connectivity index (χ4v) is 5.60. The van der Waals surface area contributed by atoms with Crippen molar-refractivity contribution in [2.24, 2.45) is 5.92 Å². The van der Waals surface area contributed by atoms with E-state index in [1.807, 2.05) is 0 Å². The number of hydrogen-bond donors (Lipinski definition) is 2. The zero-order valence-corrected chi connectivity index (χ0v) is 14.3. The van der Waals surface area contributed by atoms with Gasteiger partial charge in [-0.25, -0.2) is 13.1 Å². The van der Waals surface area contributed by atoms with Crippen LogP contribution in [0.4, 0.5) is 5.69 Å². The first-order valence-electron chi connectivity index (χ1n) is 6.14. The van der Waals surface area contributed by atoms with Gasteiger partial charge in [0.15, 0.2) is 0 Å². The summed E-state index contributed by atoms with van der Waals surface area (Å²) in [6, 6.07) is 3.17. The van der Waals surface area contributed by atoms with Crippen LogP contribution in [0.5, 0.6) is 0 Å². The quantitative estimate of drug-likeness (QED) is 0.557. The molecule has 0 radical (unpaired) electrons. The zero-order valence-electron chi connectivity index (χ0n) is 10.3. The number of hydrogen-bond acceptors (Lipinski definition) is 3. The Balaban J connectivity index is 2.05. The molecule has 0 saturated heterocycles. The van der Waals surface area contributed by atoms with E-state index in [2.05, 4.69) is 36.6 Å². The maximum Gasteiger partial charge on any atom is 0.242 e. The van der Waals surface area contributed by atoms with Crippen molar-refractivity contribution in [1.82, 2.24) is 4.72 Å². The van der Waals surface area contributed by atoms with Crippen LogP contribution in [-0.4, -0.2) is 15.0 Å². The second kappa shape index (κ2) is 6.11. The van der Waals surface area contributed by atoms with Gasteiger partial charge in [0.2, 0.25) is 10.0 Å². The van der Waals surface area contributed by atoms with E-state index < -0.39 is 10.0 Å². The number of nitrogen functional groups attached to an aromatic ring is 1. The Hall–Kier alpha value is -0.110. The highest BCUT2D eigenvalue weighted by Crippen LogP contribution is 2.34. The Kier molecular flexibility index (Phi) is 4.92. The van der Waals surface area contributed by atoms with Gasteiger partial charge in [0.25, 0.3) is 0 Å². The molecule has 0 heterocycles. The molecule has 1 aromatic rings. The van der Waals surface area contributed by atoms with Gasteiger partial charge in [-0.2, -0.15) is 0 Å². The Bertz CT molecular complexity index is 548. The van der Waals surface area contributed by atoms with Gasteiger partial charge in [-0.05, 0) is 62.8 Å². The van der Waals surface area contributed by atoms with E-state index in [1.165, 1.54) is 12.8 Å². The molecule has 3 N–H and O–H groups in total. The molecule has 0 atom stereocenters. The molecule has 1 saturated carbocycles. The number of nitrogens with one attached hydrogen (secondary N) is 1. The smallest absolute Gasteiger partial charge is 0.242 e. The van der Waals surface area contributed by atoms with Gasteiger partial charge in [0.05, 0.1) is 0 Å². The first kappa shape index (κ1) is 15.3. The maximum absolute atomic E-state index is 12.2. The molecule has 7 heteroatoms. The summed E-state index contributed by atoms with van der Waals surface area (Å²) < 4.78 is 28.0. The van der Waals surface area contributed by atoms with Crippen LogP contribution >= 0.6 is 31.9 Å². The lowest BCUT2D eigenvalue weighted by molar-refractivity contribution is 0.571. The summed E-state index contributed by atoms with van der Waals surface area (Å²) in [5, 5.41) is 0. The summed E-state index contributed by atoms with van der Waals surface area (Å²) >= 11 is 6.49. The molecule has 2 rings (SSSR count). The first-order chi connectivity index (χ1) is 8.90. The van der Waals surface area contributed by atoms with Crippen molar-refractivity contribution in [1.29, 1.82) is 0 Å². The molecule has 0 aliphatic heterocycles. The Morgan fingerprint density at radius 1 is 1.26 bits per heavy atom. The second-order valence-corrected chi connectivity index (χ2v) is 8.21. The third kappa shape index (κ3) is 4.18. The van der Waals surface area contributed by atoms with E-state index in [1.54, 1.807) is 12.1 Å². The van der Waals surface area contributed by atoms with Gasteiger partial charge in [0, 0.05) is 21.2 Å². The third-order valence-corrected chi connectivity index (χ3v) is 6.40. The molecular weight excluding hydrogens is 396 g/mol. The fraction of sp³-hybridized carbons (Fsp3) is 0.500. The summed E-state index contributed by atoms with van der Waals surface area (Å²) in [7, 11) is -3.52. The van der Waals surface area contributed by atoms with E-state index in [0.717, 1.165) is 18.8 Å². The van der Waals surface area contributed by atoms with Gasteiger partial charge in [-0.3, -0.25) is 0 Å². The molecule has 106 valence electrons. The lowest BCUT2D eigenvalue weighted by atomic mass is 10.2. The summed E-state index contributed by atoms with van der Waals surface area (Å²) in [6.45, 7) is 0.474. The van der Waals surface area contributed by atoms with Crippen molar-refractivity contribution < 1.29 is 8.42 Å². The Morgan fingerprint density at radius 3 is 2.37 bits per heavy atom. The van der Waals surface area contributed by atoms with E-state index >= 15 is 0 Å². The minimum atomic E-state index is -3.52. The van der Waals surface area contributed by atoms with Gasteiger partial charge < -0.3 is 5.73 Å². The number of halogens is 2. The second-order valence-electron chi connectivity index (χ2n) is 4.80. The molecule has 1 aliphatic rings. The zero-order chi connectivity index (χ0) is 14.0. The molecule has 1 fully saturated rings. The molecule has 1 aliphatic carbocycles. The molecule has 1 aromatic carbocycles. The minimum absolute atomic E-state index is 0.202. The van der Waals surface area contributed by atoms with Crippen LogP contribution in [0.2, 0.25) is 0 Å². The normalized spacial score (nSPS) is 15.7. The van der Waals surface area contributed by atoms with Gasteiger partial charge in [0.1, 0.15) is 4.90 Å². The van der Waals surface area contributed by atoms with Crippen molar-refractivity contribution >= 4 is 47.6 Å². The highest BCUT2D eigenvalue weighted by Gasteiger charge is 2.23. The first-order valence-corrected chi connectivity index (χ1v) is 9.21. The van der Waals surface area contributed by atoms with Crippen LogP contribution < -0.4 is 10.5 Å². The lowest BCUT2D eigenvalue weighted by Crippen LogP contribution is -2.25. The molecule has 0 unspecified atom stereocenters. The predicted octanol–water partition coefficient (Wildman–Crippen LogP) is 3.26. The monoisotopic (exact) mass is 410 g/mol. The summed E-state index contributed by atoms with van der Waals surface area (Å²) in [5.74, 6) is 0.819. The molecular formula is C12H16Br2N2O2S. The van der Waals surface area contributed by atoms with Crippen LogP contribution in [0.1, 0.15) is 25.7 Å². The molecule has 0 aromatic heterocycles. The SMILES string of the molecule is Nc1cc(Br)c(S(=O)(=O)NCCCC2CC2)c(Br)c1. The van der Waals surface area contributed by atoms with Crippen molar-refractivity contribution in [2.45, 2.75) is 30.6 Å². The fourth-order valence-electron chi connectivity index (χ4n) is 1.91. The van der Waals surface area contributed by atoms with Gasteiger partial charge >= 0.3 is 0 Å². The standard InChI is InChI=1S/C12H16Br2N2O2S/c13-10-6-9(15)7-11(14)12(10)19(17,18)16-5-1-2-8-3-4-8/h6-8,16H,1-5,15H2. The van der Waals surface area contributed by atoms with Gasteiger partial charge in [-0.1, -0.05) is 12.8 Å². The summed E-state index contributed by atoms with van der Waals surface area (Å²) in [4.78, 5) is 0.202. The van der Waals surface area contributed by atoms with Crippen LogP contribution in [0.25, 0.3) is 0 Å². The number of sulfonamides is 1. The van der Waals surface area contributed by atoms with Crippen molar-refractivity contribution in [3.8, 4) is 0 Å². The molecule has 19 heavy (non-hydrogen) atoms. The van der Waals surface area contributed by atoms with Crippen molar-refractivity contribution in [3.63, 3.8) is 0 Å². The minimum Gasteiger partial charge on any atom is -0.399 e. The maximum atomic E-state index is 12.2. The van der Waals surface area contributed by atoms with Crippen LogP contribution in [0.15, 0.2) is 26.0 Å². The largest absolute Gasteiger partial charge is 0.399 e. The molecule has 0 bridgehead atoms. The Labute approximate surface area is 130 Å². The number of anilines is 1. The van der Waals surface area contributed by atoms with Gasteiger partial charge in [-0.15, -0.1) is 0 Å². The van der Waals surface area contributed by atoms with Crippen LogP contribution in [0, 0.1) is 5.92 Å². The summed E-state index contributed by atoms with van der Waals surface area (Å²) in [6.07, 6.45) is 4.57. The highest BCUT2D eigenvalue weighted by atomic mass is 79.9.